The molecule has 0 radical (unpaired) electrons. The van der Waals surface area contributed by atoms with Crippen molar-refractivity contribution >= 4 is 52.8 Å². The fourth-order valence-electron chi connectivity index (χ4n) is 1.20. The number of halogens is 6. The molecule has 2 aromatic rings. The van der Waals surface area contributed by atoms with E-state index in [0.29, 0.717) is 16.5 Å². The van der Waals surface area contributed by atoms with Crippen molar-refractivity contribution in [3.8, 4) is 0 Å². The van der Waals surface area contributed by atoms with Crippen LogP contribution in [0.3, 0.4) is 0 Å². The first-order valence-electron chi connectivity index (χ1n) is 5.49. The normalized spacial score (nSPS) is 9.14. The van der Waals surface area contributed by atoms with Crippen LogP contribution in [-0.4, -0.2) is 0 Å². The van der Waals surface area contributed by atoms with Crippen LogP contribution in [0.1, 0.15) is 11.1 Å². The summed E-state index contributed by atoms with van der Waals surface area (Å²) >= 11 is 18.3. The van der Waals surface area contributed by atoms with E-state index >= 15 is 0 Å². The zero-order valence-corrected chi connectivity index (χ0v) is 18.5. The van der Waals surface area contributed by atoms with Gasteiger partial charge in [0.1, 0.15) is 5.82 Å². The van der Waals surface area contributed by atoms with Gasteiger partial charge in [-0.15, -0.1) is 6.07 Å². The van der Waals surface area contributed by atoms with E-state index in [2.05, 4.69) is 36.5 Å². The van der Waals surface area contributed by atoms with E-state index in [1.807, 2.05) is 0 Å². The summed E-state index contributed by atoms with van der Waals surface area (Å²) in [5.41, 5.74) is 0.926. The molecule has 0 saturated heterocycles. The topological polar surface area (TPSA) is 0 Å². The Morgan fingerprint density at radius 1 is 0.952 bits per heavy atom. The van der Waals surface area contributed by atoms with Crippen LogP contribution >= 0.6 is 52.8 Å². The van der Waals surface area contributed by atoms with Crippen LogP contribution in [0.2, 0.25) is 10.0 Å². The molecule has 0 aliphatic heterocycles. The van der Waals surface area contributed by atoms with Crippen molar-refractivity contribution < 1.29 is 25.1 Å². The van der Waals surface area contributed by atoms with Crippen molar-refractivity contribution in [1.82, 2.24) is 0 Å². The molecule has 0 fully saturated rings. The molecule has 2 aromatic carbocycles. The fraction of sp³-hybridized carbons (Fsp3) is 0.0714. The fourth-order valence-corrected chi connectivity index (χ4v) is 2.02. The monoisotopic (exact) mass is 508 g/mol. The van der Waals surface area contributed by atoms with Crippen LogP contribution in [0.5, 0.6) is 0 Å². The maximum atomic E-state index is 12.8. The Morgan fingerprint density at radius 3 is 1.81 bits per heavy atom. The molecule has 0 unspecified atom stereocenters. The SMILES string of the molecule is Fc1c(Cl)cccc1CBr.[CH2-]c1cccc(Cl)c1F.[Zn+][Br]. The van der Waals surface area contributed by atoms with Crippen LogP contribution in [0.25, 0.3) is 0 Å². The minimum absolute atomic E-state index is 0.127. The summed E-state index contributed by atoms with van der Waals surface area (Å²) in [4.78, 5) is 0. The Bertz CT molecular complexity index is 548. The van der Waals surface area contributed by atoms with Crippen LogP contribution in [0, 0.1) is 18.6 Å². The van der Waals surface area contributed by atoms with Gasteiger partial charge in [0.05, 0.1) is 5.02 Å². The van der Waals surface area contributed by atoms with E-state index in [4.69, 9.17) is 23.2 Å². The molecule has 0 amide bonds. The summed E-state index contributed by atoms with van der Waals surface area (Å²) in [6.45, 7) is 3.42. The van der Waals surface area contributed by atoms with E-state index in [1.165, 1.54) is 28.5 Å². The van der Waals surface area contributed by atoms with Gasteiger partial charge in [-0.1, -0.05) is 57.3 Å². The van der Waals surface area contributed by atoms with Crippen molar-refractivity contribution in [2.45, 2.75) is 5.33 Å². The van der Waals surface area contributed by atoms with Crippen LogP contribution in [-0.2, 0) is 21.7 Å². The Labute approximate surface area is 158 Å². The molecule has 0 spiro atoms. The summed E-state index contributed by atoms with van der Waals surface area (Å²) < 4.78 is 25.4. The summed E-state index contributed by atoms with van der Waals surface area (Å²) in [6.07, 6.45) is 0. The first-order valence-corrected chi connectivity index (χ1v) is 14.3. The van der Waals surface area contributed by atoms with E-state index in [1.54, 1.807) is 24.3 Å². The molecule has 0 nitrogen and oxygen atoms in total. The van der Waals surface area contributed by atoms with Gasteiger partial charge in [-0.25, -0.2) is 4.39 Å². The second kappa shape index (κ2) is 11.8. The van der Waals surface area contributed by atoms with Crippen LogP contribution < -0.4 is 0 Å². The van der Waals surface area contributed by atoms with Gasteiger partial charge in [0.2, 0.25) is 0 Å². The number of alkyl halides is 1. The zero-order valence-electron chi connectivity index (χ0n) is 10.9. The summed E-state index contributed by atoms with van der Waals surface area (Å²) in [5, 5.41) is 0.804. The summed E-state index contributed by atoms with van der Waals surface area (Å²) in [5.74, 6) is -0.764. The van der Waals surface area contributed by atoms with E-state index in [0.717, 1.165) is 0 Å². The first kappa shape index (κ1) is 21.3. The molecule has 0 aliphatic rings. The number of hydrogen-bond donors (Lipinski definition) is 0. The van der Waals surface area contributed by atoms with Gasteiger partial charge in [0.15, 0.2) is 0 Å². The van der Waals surface area contributed by atoms with Gasteiger partial charge in [0, 0.05) is 16.2 Å². The molecule has 110 valence electrons. The Morgan fingerprint density at radius 2 is 1.43 bits per heavy atom. The molecule has 2 rings (SSSR count). The third kappa shape index (κ3) is 7.43. The van der Waals surface area contributed by atoms with Gasteiger partial charge >= 0.3 is 30.0 Å². The van der Waals surface area contributed by atoms with Gasteiger partial charge in [-0.3, -0.25) is 4.39 Å². The average molecular weight is 512 g/mol. The summed E-state index contributed by atoms with van der Waals surface area (Å²) in [6, 6.07) is 9.67. The number of benzene rings is 2. The molecule has 0 aliphatic carbocycles. The molecule has 0 aromatic heterocycles. The quantitative estimate of drug-likeness (QED) is 0.222. The molecule has 0 bridgehead atoms. The minimum atomic E-state index is -0.431. The van der Waals surface area contributed by atoms with Crippen molar-refractivity contribution in [3.05, 3.63) is 76.1 Å². The Hall–Kier alpha value is 0.333. The van der Waals surface area contributed by atoms with Crippen molar-refractivity contribution in [1.29, 1.82) is 0 Å². The maximum absolute atomic E-state index is 12.8. The summed E-state index contributed by atoms with van der Waals surface area (Å²) in [7, 11) is 0. The Kier molecular flexibility index (Phi) is 12.0. The van der Waals surface area contributed by atoms with Crippen molar-refractivity contribution in [2.24, 2.45) is 0 Å². The molecule has 7 heteroatoms. The van der Waals surface area contributed by atoms with Crippen LogP contribution in [0.4, 0.5) is 8.78 Å². The van der Waals surface area contributed by atoms with E-state index in [-0.39, 0.29) is 15.9 Å². The predicted octanol–water partition coefficient (Wildman–Crippen LogP) is 6.88. The van der Waals surface area contributed by atoms with Gasteiger partial charge in [0.25, 0.3) is 0 Å². The van der Waals surface area contributed by atoms with Crippen LogP contribution in [0.15, 0.2) is 36.4 Å². The third-order valence-corrected chi connectivity index (χ3v) is 3.40. The Balaban J connectivity index is 0.000000342. The first-order chi connectivity index (χ1) is 9.97. The molecular weight excluding hydrogens is 502 g/mol. The molecule has 0 atom stereocenters. The molecule has 0 N–H and O–H groups in total. The van der Waals surface area contributed by atoms with E-state index in [9.17, 15) is 8.78 Å². The van der Waals surface area contributed by atoms with Gasteiger partial charge in [-0.2, -0.15) is 18.6 Å². The second-order valence-corrected chi connectivity index (χ2v) is 4.93. The number of rotatable bonds is 1. The van der Waals surface area contributed by atoms with E-state index < -0.39 is 5.82 Å². The van der Waals surface area contributed by atoms with Gasteiger partial charge in [-0.05, 0) is 11.6 Å². The van der Waals surface area contributed by atoms with Crippen molar-refractivity contribution in [3.63, 3.8) is 0 Å². The third-order valence-electron chi connectivity index (χ3n) is 2.21. The standard InChI is InChI=1S/C7H5BrClF.C7H5ClF.BrH.Zn/c8-4-5-2-1-3-6(9)7(5)10;1-5-3-2-4-6(8)7(5)9;;/h1-3H,4H2;2-4H,1H2;1H;/q;-1;;+2/p-1. The molecular formula is C14H10Br2Cl2F2Zn. The average Bonchev–Trinajstić information content (AvgIpc) is 2.50. The second-order valence-electron chi connectivity index (χ2n) is 3.56. The molecule has 0 saturated carbocycles. The van der Waals surface area contributed by atoms with Crippen molar-refractivity contribution in [2.75, 3.05) is 0 Å². The van der Waals surface area contributed by atoms with Gasteiger partial charge < -0.3 is 0 Å². The molecule has 0 heterocycles. The number of hydrogen-bond acceptors (Lipinski definition) is 0. The molecule has 21 heavy (non-hydrogen) atoms. The zero-order chi connectivity index (χ0) is 16.4. The predicted molar refractivity (Wildman–Crippen MR) is 88.8 cm³/mol.